The molecule has 7 heteroatoms. The fourth-order valence-electron chi connectivity index (χ4n) is 8.54. The summed E-state index contributed by atoms with van der Waals surface area (Å²) >= 11 is 0. The summed E-state index contributed by atoms with van der Waals surface area (Å²) in [6.45, 7) is 15.5. The van der Waals surface area contributed by atoms with E-state index in [9.17, 15) is 0 Å². The standard InChI is InChI=1S/C46H40N3O2.C11H8N.Ir/c1-26(2)34-22-30(28-14-9-8-10-15-28)23-35(27(3)4)41(34)49-39-19-12-11-18-37(39)47-44(49)33-17-13-16-31-32-21-20-29-24-40-38(48-45(50-40)46(5,6)7)25-36(29)43(32)51-42(31)33;1-2-6-10(7-3-1)11-8-4-5-9-12-11;/h8-16,18-27H,1-7H3;1-6,8-9H;/q2*-1;. The maximum atomic E-state index is 6.95. The first-order valence-electron chi connectivity index (χ1n) is 21.7. The molecule has 4 aromatic heterocycles. The average molecular weight is 1010 g/mol. The molecular weight excluding hydrogens is 965 g/mol. The Hall–Kier alpha value is -6.66. The Labute approximate surface area is 387 Å². The van der Waals surface area contributed by atoms with Crippen molar-refractivity contribution in [2.45, 2.75) is 65.7 Å². The summed E-state index contributed by atoms with van der Waals surface area (Å²) in [6.07, 6.45) is 1.79. The Morgan fingerprint density at radius 2 is 1.31 bits per heavy atom. The fraction of sp³-hybridized carbons (Fsp3) is 0.175. The second-order valence-electron chi connectivity index (χ2n) is 17.9. The third kappa shape index (κ3) is 7.74. The molecule has 11 aromatic rings. The van der Waals surface area contributed by atoms with Gasteiger partial charge in [-0.15, -0.1) is 54.1 Å². The summed E-state index contributed by atoms with van der Waals surface area (Å²) in [5.74, 6) is 2.07. The zero-order chi connectivity index (χ0) is 43.4. The number of hydrogen-bond acceptors (Lipinski definition) is 5. The van der Waals surface area contributed by atoms with Crippen LogP contribution in [0.2, 0.25) is 0 Å². The molecule has 0 atom stereocenters. The molecule has 4 heterocycles. The Balaban J connectivity index is 0.000000345. The molecule has 319 valence electrons. The van der Waals surface area contributed by atoms with E-state index in [0.717, 1.165) is 83.4 Å². The van der Waals surface area contributed by atoms with Crippen molar-refractivity contribution < 1.29 is 28.9 Å². The quantitative estimate of drug-likeness (QED) is 0.155. The van der Waals surface area contributed by atoms with Gasteiger partial charge >= 0.3 is 0 Å². The largest absolute Gasteiger partial charge is 0.500 e. The van der Waals surface area contributed by atoms with E-state index in [0.29, 0.717) is 0 Å². The van der Waals surface area contributed by atoms with Crippen LogP contribution >= 0.6 is 0 Å². The molecule has 0 aliphatic carbocycles. The minimum Gasteiger partial charge on any atom is -0.500 e. The summed E-state index contributed by atoms with van der Waals surface area (Å²) in [7, 11) is 0. The second kappa shape index (κ2) is 17.1. The fourth-order valence-corrected chi connectivity index (χ4v) is 8.54. The number of oxazole rings is 1. The maximum absolute atomic E-state index is 6.95. The van der Waals surface area contributed by atoms with Crippen molar-refractivity contribution in [1.82, 2.24) is 19.5 Å². The van der Waals surface area contributed by atoms with Gasteiger partial charge in [-0.2, -0.15) is 0 Å². The van der Waals surface area contributed by atoms with Crippen LogP contribution in [-0.4, -0.2) is 19.5 Å². The van der Waals surface area contributed by atoms with Gasteiger partial charge in [0.15, 0.2) is 5.58 Å². The van der Waals surface area contributed by atoms with Gasteiger partial charge in [-0.05, 0) is 87.6 Å². The summed E-state index contributed by atoms with van der Waals surface area (Å²) in [5.41, 5.74) is 14.0. The molecule has 1 radical (unpaired) electrons. The van der Waals surface area contributed by atoms with Gasteiger partial charge in [0.05, 0.1) is 22.4 Å². The molecule has 64 heavy (non-hydrogen) atoms. The first-order valence-corrected chi connectivity index (χ1v) is 21.7. The molecule has 7 aromatic carbocycles. The van der Waals surface area contributed by atoms with Crippen LogP contribution in [0.25, 0.3) is 94.3 Å². The van der Waals surface area contributed by atoms with Crippen LogP contribution in [0.3, 0.4) is 0 Å². The van der Waals surface area contributed by atoms with Crippen LogP contribution in [-0.2, 0) is 25.5 Å². The summed E-state index contributed by atoms with van der Waals surface area (Å²) < 4.78 is 15.5. The smallest absolute Gasteiger partial charge is 0.200 e. The number of pyridine rings is 1. The van der Waals surface area contributed by atoms with E-state index in [1.807, 2.05) is 48.5 Å². The van der Waals surface area contributed by atoms with E-state index in [4.69, 9.17) is 18.8 Å². The summed E-state index contributed by atoms with van der Waals surface area (Å²) in [5, 5.41) is 4.13. The van der Waals surface area contributed by atoms with Gasteiger partial charge in [-0.25, -0.2) is 4.98 Å². The first kappa shape index (κ1) is 42.6. The molecule has 11 rings (SSSR count). The monoisotopic (exact) mass is 1010 g/mol. The number of para-hydroxylation sites is 2. The summed E-state index contributed by atoms with van der Waals surface area (Å²) in [4.78, 5) is 14.4. The van der Waals surface area contributed by atoms with Crippen molar-refractivity contribution in [3.63, 3.8) is 0 Å². The minimum atomic E-state index is -0.192. The van der Waals surface area contributed by atoms with Gasteiger partial charge in [0.25, 0.3) is 0 Å². The Morgan fingerprint density at radius 1 is 0.594 bits per heavy atom. The molecule has 0 spiro atoms. The number of hydrogen-bond donors (Lipinski definition) is 0. The number of aromatic nitrogens is 4. The van der Waals surface area contributed by atoms with Crippen molar-refractivity contribution in [2.75, 3.05) is 0 Å². The zero-order valence-electron chi connectivity index (χ0n) is 37.0. The molecule has 0 fully saturated rings. The van der Waals surface area contributed by atoms with Crippen molar-refractivity contribution in [1.29, 1.82) is 0 Å². The molecule has 0 bridgehead atoms. The van der Waals surface area contributed by atoms with E-state index >= 15 is 0 Å². The van der Waals surface area contributed by atoms with E-state index in [1.54, 1.807) is 6.20 Å². The molecule has 0 amide bonds. The maximum Gasteiger partial charge on any atom is 0.200 e. The molecule has 0 saturated heterocycles. The number of rotatable bonds is 6. The van der Waals surface area contributed by atoms with Crippen molar-refractivity contribution >= 4 is 54.8 Å². The predicted molar refractivity (Wildman–Crippen MR) is 259 cm³/mol. The van der Waals surface area contributed by atoms with Gasteiger partial charge < -0.3 is 18.4 Å². The van der Waals surface area contributed by atoms with Gasteiger partial charge in [-0.3, -0.25) is 4.98 Å². The number of furan rings is 1. The number of nitrogens with zero attached hydrogens (tertiary/aromatic N) is 4. The molecule has 0 saturated carbocycles. The molecule has 0 unspecified atom stereocenters. The number of fused-ring (bicyclic) bond motifs is 7. The van der Waals surface area contributed by atoms with Crippen LogP contribution in [0.15, 0.2) is 161 Å². The van der Waals surface area contributed by atoms with Gasteiger partial charge in [-0.1, -0.05) is 126 Å². The van der Waals surface area contributed by atoms with Crippen molar-refractivity contribution in [2.24, 2.45) is 0 Å². The normalized spacial score (nSPS) is 11.8. The third-order valence-electron chi connectivity index (χ3n) is 11.7. The van der Waals surface area contributed by atoms with E-state index < -0.39 is 0 Å². The SMILES string of the molecule is CC(C)c1cc(-c2ccccc2)cc(C(C)C)c1-n1c(-c2[c-]ccc3c2oc2c4cc5nc(C(C)(C)C)oc5cc4ccc32)nc2ccccc21.[Ir].[c-]1ccccc1-c1ccccn1. The molecular formula is C57H48IrN4O2-2. The van der Waals surface area contributed by atoms with Gasteiger partial charge in [0, 0.05) is 48.2 Å². The van der Waals surface area contributed by atoms with E-state index in [2.05, 4.69) is 167 Å². The Morgan fingerprint density at radius 3 is 2.02 bits per heavy atom. The topological polar surface area (TPSA) is 69.9 Å². The van der Waals surface area contributed by atoms with Crippen LogP contribution < -0.4 is 0 Å². The van der Waals surface area contributed by atoms with Crippen LogP contribution in [0.1, 0.15) is 77.3 Å². The Bertz CT molecular complexity index is 3370. The zero-order valence-corrected chi connectivity index (χ0v) is 39.4. The second-order valence-corrected chi connectivity index (χ2v) is 17.9. The van der Waals surface area contributed by atoms with Gasteiger partial charge in [0.2, 0.25) is 5.89 Å². The van der Waals surface area contributed by atoms with Gasteiger partial charge in [0.1, 0.15) is 11.1 Å². The van der Waals surface area contributed by atoms with Crippen LogP contribution in [0.4, 0.5) is 0 Å². The van der Waals surface area contributed by atoms with Crippen LogP contribution in [0.5, 0.6) is 0 Å². The van der Waals surface area contributed by atoms with Crippen molar-refractivity contribution in [3.05, 3.63) is 181 Å². The average Bonchev–Trinajstić information content (AvgIpc) is 4.03. The molecule has 0 aliphatic rings. The van der Waals surface area contributed by atoms with E-state index in [-0.39, 0.29) is 37.4 Å². The predicted octanol–water partition coefficient (Wildman–Crippen LogP) is 15.4. The molecule has 6 nitrogen and oxygen atoms in total. The van der Waals surface area contributed by atoms with E-state index in [1.165, 1.54) is 27.9 Å². The van der Waals surface area contributed by atoms with Crippen molar-refractivity contribution in [3.8, 4) is 39.5 Å². The first-order chi connectivity index (χ1) is 30.5. The number of benzene rings is 7. The molecule has 0 aliphatic heterocycles. The third-order valence-corrected chi connectivity index (χ3v) is 11.7. The van der Waals surface area contributed by atoms with Crippen LogP contribution in [0, 0.1) is 12.1 Å². The Kier molecular flexibility index (Phi) is 11.4. The summed E-state index contributed by atoms with van der Waals surface area (Å²) in [6, 6.07) is 56.8. The molecule has 0 N–H and O–H groups in total. The minimum absolute atomic E-state index is 0. The number of imidazole rings is 1.